The lowest BCUT2D eigenvalue weighted by Crippen LogP contribution is -2.52. The molecule has 2 rings (SSSR count). The highest BCUT2D eigenvalue weighted by Gasteiger charge is 2.34. The van der Waals surface area contributed by atoms with Gasteiger partial charge in [-0.15, -0.1) is 11.8 Å². The molecule has 0 aliphatic heterocycles. The number of imidazole rings is 1. The second-order valence-corrected chi connectivity index (χ2v) is 5.78. The number of rotatable bonds is 7. The van der Waals surface area contributed by atoms with Gasteiger partial charge in [-0.3, -0.25) is 4.79 Å². The number of hydrogen-bond donors (Lipinski definition) is 2. The summed E-state index contributed by atoms with van der Waals surface area (Å²) in [4.78, 5) is 27.5. The molecule has 0 aromatic carbocycles. The molecule has 1 unspecified atom stereocenters. The molecule has 114 valence electrons. The van der Waals surface area contributed by atoms with Crippen molar-refractivity contribution in [3.8, 4) is 0 Å². The van der Waals surface area contributed by atoms with E-state index in [9.17, 15) is 4.79 Å². The average Bonchev–Trinajstić information content (AvgIpc) is 2.99. The fraction of sp³-hybridized carbons (Fsp3) is 0.538. The Morgan fingerprint density at radius 1 is 1.48 bits per heavy atom. The number of H-pyrrole nitrogens is 1. The van der Waals surface area contributed by atoms with Crippen LogP contribution in [0.2, 0.25) is 0 Å². The molecular weight excluding hydrogens is 290 g/mol. The van der Waals surface area contributed by atoms with Gasteiger partial charge in [-0.25, -0.2) is 15.0 Å². The van der Waals surface area contributed by atoms with Crippen molar-refractivity contribution < 1.29 is 9.53 Å². The lowest BCUT2D eigenvalue weighted by atomic mass is 10.1. The molecule has 0 aliphatic carbocycles. The van der Waals surface area contributed by atoms with Gasteiger partial charge in [-0.05, 0) is 19.9 Å². The zero-order valence-electron chi connectivity index (χ0n) is 12.3. The molecule has 2 heterocycles. The Morgan fingerprint density at radius 2 is 2.29 bits per heavy atom. The zero-order chi connectivity index (χ0) is 15.3. The molecule has 21 heavy (non-hydrogen) atoms. The molecule has 2 aromatic heterocycles. The van der Waals surface area contributed by atoms with Crippen LogP contribution in [0.25, 0.3) is 11.2 Å². The van der Waals surface area contributed by atoms with Gasteiger partial charge in [0.2, 0.25) is 0 Å². The van der Waals surface area contributed by atoms with Crippen LogP contribution >= 0.6 is 11.8 Å². The maximum Gasteiger partial charge on any atom is 0.326 e. The Kier molecular flexibility index (Phi) is 5.13. The molecule has 1 atom stereocenters. The largest absolute Gasteiger partial charge is 0.468 e. The first-order valence-corrected chi connectivity index (χ1v) is 7.69. The summed E-state index contributed by atoms with van der Waals surface area (Å²) in [5.41, 5.74) is 0.645. The molecule has 2 N–H and O–H groups in total. The van der Waals surface area contributed by atoms with E-state index in [1.165, 1.54) is 25.2 Å². The van der Waals surface area contributed by atoms with E-state index in [2.05, 4.69) is 32.2 Å². The van der Waals surface area contributed by atoms with Crippen LogP contribution in [0.1, 0.15) is 20.3 Å². The molecule has 0 fully saturated rings. The minimum absolute atomic E-state index is 0.279. The number of esters is 1. The quantitative estimate of drug-likeness (QED) is 0.453. The van der Waals surface area contributed by atoms with Gasteiger partial charge in [0.25, 0.3) is 0 Å². The molecule has 0 amide bonds. The first kappa shape index (κ1) is 15.7. The van der Waals surface area contributed by atoms with Crippen LogP contribution in [-0.4, -0.2) is 50.9 Å². The number of nitrogens with zero attached hydrogens (tertiary/aromatic N) is 3. The van der Waals surface area contributed by atoms with Crippen molar-refractivity contribution in [1.82, 2.24) is 25.3 Å². The predicted molar refractivity (Wildman–Crippen MR) is 81.1 cm³/mol. The van der Waals surface area contributed by atoms with Crippen LogP contribution in [-0.2, 0) is 9.53 Å². The average molecular weight is 309 g/mol. The molecule has 0 bridgehead atoms. The number of aromatic amines is 1. The summed E-state index contributed by atoms with van der Waals surface area (Å²) in [7, 11) is 1.40. The van der Waals surface area contributed by atoms with Crippen molar-refractivity contribution in [1.29, 1.82) is 0 Å². The summed E-state index contributed by atoms with van der Waals surface area (Å²) in [6.45, 7) is 4.64. The topological polar surface area (TPSA) is 92.8 Å². The number of carbonyl (C=O) groups excluding carboxylic acids is 1. The van der Waals surface area contributed by atoms with Gasteiger partial charge in [-0.1, -0.05) is 6.92 Å². The molecule has 0 spiro atoms. The zero-order valence-corrected chi connectivity index (χ0v) is 13.2. The first-order valence-electron chi connectivity index (χ1n) is 6.71. The summed E-state index contributed by atoms with van der Waals surface area (Å²) < 4.78 is 4.91. The van der Waals surface area contributed by atoms with Gasteiger partial charge in [0.1, 0.15) is 22.4 Å². The van der Waals surface area contributed by atoms with E-state index in [0.29, 0.717) is 11.4 Å². The summed E-state index contributed by atoms with van der Waals surface area (Å²) in [6.07, 6.45) is 3.99. The SMILES string of the molecule is CCCNC(C)(CSc1ncnc2nc[nH]c12)C(=O)OC. The van der Waals surface area contributed by atoms with Crippen molar-refractivity contribution in [2.24, 2.45) is 0 Å². The minimum Gasteiger partial charge on any atom is -0.468 e. The number of thioether (sulfide) groups is 1. The Labute approximate surface area is 127 Å². The van der Waals surface area contributed by atoms with Crippen LogP contribution in [0.3, 0.4) is 0 Å². The van der Waals surface area contributed by atoms with Crippen molar-refractivity contribution in [3.63, 3.8) is 0 Å². The smallest absolute Gasteiger partial charge is 0.326 e. The van der Waals surface area contributed by atoms with E-state index in [1.807, 2.05) is 6.92 Å². The summed E-state index contributed by atoms with van der Waals surface area (Å²) in [5, 5.41) is 4.01. The van der Waals surface area contributed by atoms with E-state index in [0.717, 1.165) is 23.5 Å². The summed E-state index contributed by atoms with van der Waals surface area (Å²) in [6, 6.07) is 0. The molecule has 0 saturated heterocycles. The number of ether oxygens (including phenoxy) is 1. The highest BCUT2D eigenvalue weighted by atomic mass is 32.2. The normalized spacial score (nSPS) is 14.0. The van der Waals surface area contributed by atoms with Crippen molar-refractivity contribution in [2.75, 3.05) is 19.4 Å². The van der Waals surface area contributed by atoms with Gasteiger partial charge < -0.3 is 15.0 Å². The number of methoxy groups -OCH3 is 1. The van der Waals surface area contributed by atoms with Gasteiger partial charge in [0.05, 0.1) is 13.4 Å². The van der Waals surface area contributed by atoms with E-state index >= 15 is 0 Å². The third-order valence-corrected chi connectivity index (χ3v) is 4.39. The summed E-state index contributed by atoms with van der Waals surface area (Å²) >= 11 is 1.47. The van der Waals surface area contributed by atoms with Crippen LogP contribution in [0.15, 0.2) is 17.7 Å². The van der Waals surface area contributed by atoms with E-state index in [-0.39, 0.29) is 5.97 Å². The number of carbonyl (C=O) groups is 1. The Morgan fingerprint density at radius 3 is 3.00 bits per heavy atom. The third-order valence-electron chi connectivity index (χ3n) is 3.09. The number of nitrogens with one attached hydrogen (secondary N) is 2. The van der Waals surface area contributed by atoms with Gasteiger partial charge >= 0.3 is 5.97 Å². The molecular formula is C13H19N5O2S. The number of hydrogen-bond acceptors (Lipinski definition) is 7. The number of aromatic nitrogens is 4. The molecule has 0 radical (unpaired) electrons. The monoisotopic (exact) mass is 309 g/mol. The maximum absolute atomic E-state index is 12.0. The van der Waals surface area contributed by atoms with Crippen molar-refractivity contribution in [3.05, 3.63) is 12.7 Å². The van der Waals surface area contributed by atoms with E-state index in [4.69, 9.17) is 4.74 Å². The van der Waals surface area contributed by atoms with Crippen LogP contribution in [0.5, 0.6) is 0 Å². The Bertz CT molecular complexity index is 617. The molecule has 2 aromatic rings. The number of fused-ring (bicyclic) bond motifs is 1. The van der Waals surface area contributed by atoms with Gasteiger partial charge in [0.15, 0.2) is 5.65 Å². The van der Waals surface area contributed by atoms with E-state index < -0.39 is 5.54 Å². The van der Waals surface area contributed by atoms with E-state index in [1.54, 1.807) is 6.33 Å². The highest BCUT2D eigenvalue weighted by molar-refractivity contribution is 7.99. The van der Waals surface area contributed by atoms with Crippen molar-refractivity contribution in [2.45, 2.75) is 30.8 Å². The fourth-order valence-electron chi connectivity index (χ4n) is 1.87. The molecule has 7 nitrogen and oxygen atoms in total. The molecule has 0 saturated carbocycles. The Balaban J connectivity index is 2.14. The summed E-state index contributed by atoms with van der Waals surface area (Å²) in [5.74, 6) is 0.225. The maximum atomic E-state index is 12.0. The Hall–Kier alpha value is -1.67. The first-order chi connectivity index (χ1) is 10.1. The highest BCUT2D eigenvalue weighted by Crippen LogP contribution is 2.26. The fourth-order valence-corrected chi connectivity index (χ4v) is 2.93. The molecule has 8 heteroatoms. The van der Waals surface area contributed by atoms with Gasteiger partial charge in [-0.2, -0.15) is 0 Å². The second-order valence-electron chi connectivity index (χ2n) is 4.82. The van der Waals surface area contributed by atoms with Crippen LogP contribution in [0.4, 0.5) is 0 Å². The predicted octanol–water partition coefficient (Wildman–Crippen LogP) is 1.38. The lowest BCUT2D eigenvalue weighted by molar-refractivity contribution is -0.146. The molecule has 0 aliphatic rings. The minimum atomic E-state index is -0.757. The second kappa shape index (κ2) is 6.86. The standard InChI is InChI=1S/C13H19N5O2S/c1-4-5-18-13(2,12(19)20-3)6-21-11-9-10(15-7-14-9)16-8-17-11/h7-8,18H,4-6H2,1-3H3,(H,14,15,16,17). The van der Waals surface area contributed by atoms with Crippen molar-refractivity contribution >= 4 is 28.9 Å². The third kappa shape index (κ3) is 3.51. The van der Waals surface area contributed by atoms with Crippen LogP contribution < -0.4 is 5.32 Å². The van der Waals surface area contributed by atoms with Crippen LogP contribution in [0, 0.1) is 0 Å². The lowest BCUT2D eigenvalue weighted by Gasteiger charge is -2.27. The van der Waals surface area contributed by atoms with Gasteiger partial charge in [0, 0.05) is 5.75 Å².